The van der Waals surface area contributed by atoms with Gasteiger partial charge in [0, 0.05) is 34.8 Å². The summed E-state index contributed by atoms with van der Waals surface area (Å²) in [6, 6.07) is 12.7. The number of nitro benzene ring substituents is 1. The summed E-state index contributed by atoms with van der Waals surface area (Å²) in [5, 5.41) is 25.8. The number of hydrogen-bond donors (Lipinski definition) is 3. The number of carbonyl (C=O) groups excluding carboxylic acids is 3. The van der Waals surface area contributed by atoms with Gasteiger partial charge in [0.15, 0.2) is 6.61 Å². The lowest BCUT2D eigenvalue weighted by molar-refractivity contribution is -0.384. The lowest BCUT2D eigenvalue weighted by atomic mass is 10.0. The highest BCUT2D eigenvalue weighted by atomic mass is 32.1. The Labute approximate surface area is 216 Å². The quantitative estimate of drug-likeness (QED) is 0.190. The number of amides is 1. The summed E-state index contributed by atoms with van der Waals surface area (Å²) in [6.45, 7) is 2.78. The van der Waals surface area contributed by atoms with E-state index in [2.05, 4.69) is 10.6 Å². The van der Waals surface area contributed by atoms with Crippen LogP contribution >= 0.6 is 11.3 Å². The smallest absolute Gasteiger partial charge is 0.341 e. The minimum atomic E-state index is -0.975. The number of anilines is 2. The van der Waals surface area contributed by atoms with Crippen molar-refractivity contribution in [3.05, 3.63) is 74.6 Å². The van der Waals surface area contributed by atoms with Crippen LogP contribution in [0.25, 0.3) is 11.1 Å². The number of nitrogens with zero attached hydrogens (tertiary/aromatic N) is 1. The first-order valence-electron chi connectivity index (χ1n) is 11.2. The molecule has 0 unspecified atom stereocenters. The standard InChI is InChI=1S/C25H25N3O8S/c1-3-35-25(32)22-21(16-7-5-4-6-8-16)15(2)37-23(22)27-20(30)14-36-24(31)18-13-17(28(33)34)9-10-19(18)26-11-12-29/h4-10,13,26,29H,3,11-12,14H2,1-2H3,(H,27,30). The Morgan fingerprint density at radius 2 is 1.81 bits per heavy atom. The van der Waals surface area contributed by atoms with Crippen molar-refractivity contribution in [3.8, 4) is 11.1 Å². The summed E-state index contributed by atoms with van der Waals surface area (Å²) in [7, 11) is 0. The zero-order valence-electron chi connectivity index (χ0n) is 20.1. The van der Waals surface area contributed by atoms with Crippen LogP contribution in [0.5, 0.6) is 0 Å². The van der Waals surface area contributed by atoms with E-state index in [1.165, 1.54) is 23.5 Å². The maximum atomic E-state index is 12.8. The lowest BCUT2D eigenvalue weighted by Crippen LogP contribution is -2.22. The van der Waals surface area contributed by atoms with Gasteiger partial charge in [0.25, 0.3) is 11.6 Å². The molecule has 12 heteroatoms. The molecule has 0 fully saturated rings. The zero-order valence-corrected chi connectivity index (χ0v) is 20.9. The molecule has 0 saturated heterocycles. The third kappa shape index (κ3) is 6.68. The molecule has 37 heavy (non-hydrogen) atoms. The number of hydrogen-bond acceptors (Lipinski definition) is 10. The molecule has 1 aromatic heterocycles. The topological polar surface area (TPSA) is 157 Å². The Kier molecular flexibility index (Phi) is 9.30. The van der Waals surface area contributed by atoms with Crippen LogP contribution in [0.3, 0.4) is 0 Å². The fourth-order valence-corrected chi connectivity index (χ4v) is 4.59. The monoisotopic (exact) mass is 527 g/mol. The molecule has 0 aliphatic carbocycles. The molecule has 0 spiro atoms. The van der Waals surface area contributed by atoms with Crippen molar-refractivity contribution in [2.75, 3.05) is 37.0 Å². The summed E-state index contributed by atoms with van der Waals surface area (Å²) in [6.07, 6.45) is 0. The van der Waals surface area contributed by atoms with Crippen LogP contribution in [0.4, 0.5) is 16.4 Å². The number of carbonyl (C=O) groups is 3. The molecule has 3 N–H and O–H groups in total. The number of non-ortho nitro benzene ring substituents is 1. The molecule has 1 amide bonds. The van der Waals surface area contributed by atoms with Crippen molar-refractivity contribution in [1.82, 2.24) is 0 Å². The Balaban J connectivity index is 1.80. The molecule has 11 nitrogen and oxygen atoms in total. The Morgan fingerprint density at radius 3 is 2.46 bits per heavy atom. The molecule has 0 atom stereocenters. The highest BCUT2D eigenvalue weighted by molar-refractivity contribution is 7.17. The number of rotatable bonds is 11. The van der Waals surface area contributed by atoms with Gasteiger partial charge in [-0.2, -0.15) is 0 Å². The number of aliphatic hydroxyl groups is 1. The third-order valence-electron chi connectivity index (χ3n) is 5.07. The van der Waals surface area contributed by atoms with Gasteiger partial charge in [0.1, 0.15) is 10.6 Å². The molecule has 2 aromatic carbocycles. The first-order valence-corrected chi connectivity index (χ1v) is 12.0. The molecular formula is C25H25N3O8S. The number of benzene rings is 2. The third-order valence-corrected chi connectivity index (χ3v) is 6.10. The van der Waals surface area contributed by atoms with Gasteiger partial charge in [-0.25, -0.2) is 9.59 Å². The lowest BCUT2D eigenvalue weighted by Gasteiger charge is -2.12. The van der Waals surface area contributed by atoms with E-state index in [4.69, 9.17) is 14.6 Å². The van der Waals surface area contributed by atoms with E-state index < -0.39 is 29.4 Å². The molecule has 0 aliphatic heterocycles. The van der Waals surface area contributed by atoms with Crippen molar-refractivity contribution in [2.45, 2.75) is 13.8 Å². The molecular weight excluding hydrogens is 502 g/mol. The number of aryl methyl sites for hydroxylation is 1. The first kappa shape index (κ1) is 27.3. The molecule has 0 radical (unpaired) electrons. The van der Waals surface area contributed by atoms with Crippen LogP contribution in [-0.2, 0) is 14.3 Å². The maximum Gasteiger partial charge on any atom is 0.341 e. The molecule has 1 heterocycles. The van der Waals surface area contributed by atoms with Gasteiger partial charge >= 0.3 is 11.9 Å². The highest BCUT2D eigenvalue weighted by Crippen LogP contribution is 2.40. The zero-order chi connectivity index (χ0) is 26.9. The van der Waals surface area contributed by atoms with Crippen molar-refractivity contribution in [2.24, 2.45) is 0 Å². The normalized spacial score (nSPS) is 10.5. The number of nitro groups is 1. The molecule has 3 rings (SSSR count). The number of aliphatic hydroxyl groups excluding tert-OH is 1. The summed E-state index contributed by atoms with van der Waals surface area (Å²) in [5.41, 5.74) is 1.31. The van der Waals surface area contributed by atoms with E-state index in [9.17, 15) is 24.5 Å². The van der Waals surface area contributed by atoms with Crippen molar-refractivity contribution >= 4 is 45.6 Å². The fraction of sp³-hybridized carbons (Fsp3) is 0.240. The van der Waals surface area contributed by atoms with Gasteiger partial charge in [-0.3, -0.25) is 14.9 Å². The average molecular weight is 528 g/mol. The van der Waals surface area contributed by atoms with E-state index in [1.54, 1.807) is 6.92 Å². The van der Waals surface area contributed by atoms with Crippen LogP contribution in [0.2, 0.25) is 0 Å². The van der Waals surface area contributed by atoms with E-state index in [0.29, 0.717) is 5.56 Å². The van der Waals surface area contributed by atoms with Gasteiger partial charge in [-0.15, -0.1) is 11.3 Å². The summed E-state index contributed by atoms with van der Waals surface area (Å²) in [4.78, 5) is 49.4. The van der Waals surface area contributed by atoms with Crippen LogP contribution in [-0.4, -0.2) is 54.2 Å². The number of nitrogens with one attached hydrogen (secondary N) is 2. The predicted molar refractivity (Wildman–Crippen MR) is 138 cm³/mol. The van der Waals surface area contributed by atoms with Gasteiger partial charge in [0.2, 0.25) is 0 Å². The van der Waals surface area contributed by atoms with Crippen LogP contribution < -0.4 is 10.6 Å². The minimum absolute atomic E-state index is 0.0939. The van der Waals surface area contributed by atoms with Crippen LogP contribution in [0.15, 0.2) is 48.5 Å². The van der Waals surface area contributed by atoms with E-state index >= 15 is 0 Å². The van der Waals surface area contributed by atoms with Gasteiger partial charge in [-0.1, -0.05) is 30.3 Å². The first-order chi connectivity index (χ1) is 17.8. The van der Waals surface area contributed by atoms with Crippen LogP contribution in [0, 0.1) is 17.0 Å². The van der Waals surface area contributed by atoms with Crippen molar-refractivity contribution in [3.63, 3.8) is 0 Å². The highest BCUT2D eigenvalue weighted by Gasteiger charge is 2.26. The second-order valence-corrected chi connectivity index (χ2v) is 8.81. The molecule has 0 aliphatic rings. The Morgan fingerprint density at radius 1 is 1.08 bits per heavy atom. The molecule has 0 saturated carbocycles. The summed E-state index contributed by atoms with van der Waals surface area (Å²) >= 11 is 1.18. The van der Waals surface area contributed by atoms with Gasteiger partial charge in [-0.05, 0) is 25.5 Å². The Bertz CT molecular complexity index is 1310. The average Bonchev–Trinajstić information content (AvgIpc) is 3.21. The summed E-state index contributed by atoms with van der Waals surface area (Å²) in [5.74, 6) is -2.29. The second-order valence-electron chi connectivity index (χ2n) is 7.59. The molecule has 194 valence electrons. The fourth-order valence-electron chi connectivity index (χ4n) is 3.51. The van der Waals surface area contributed by atoms with E-state index in [-0.39, 0.29) is 47.3 Å². The number of esters is 2. The second kappa shape index (κ2) is 12.6. The van der Waals surface area contributed by atoms with E-state index in [1.807, 2.05) is 37.3 Å². The minimum Gasteiger partial charge on any atom is -0.462 e. The number of thiophene rings is 1. The summed E-state index contributed by atoms with van der Waals surface area (Å²) < 4.78 is 10.3. The van der Waals surface area contributed by atoms with Crippen LogP contribution in [0.1, 0.15) is 32.5 Å². The van der Waals surface area contributed by atoms with Gasteiger partial charge < -0.3 is 25.2 Å². The van der Waals surface area contributed by atoms with Gasteiger partial charge in [0.05, 0.1) is 23.7 Å². The molecule has 3 aromatic rings. The van der Waals surface area contributed by atoms with Crippen molar-refractivity contribution < 1.29 is 33.9 Å². The van der Waals surface area contributed by atoms with E-state index in [0.717, 1.165) is 16.5 Å². The predicted octanol–water partition coefficient (Wildman–Crippen LogP) is 4.01. The van der Waals surface area contributed by atoms with Crippen molar-refractivity contribution in [1.29, 1.82) is 0 Å². The Hall–Kier alpha value is -4.29. The molecule has 0 bridgehead atoms. The maximum absolute atomic E-state index is 12.8. The SMILES string of the molecule is CCOC(=O)c1c(NC(=O)COC(=O)c2cc([N+](=O)[O-])ccc2NCCO)sc(C)c1-c1ccccc1. The largest absolute Gasteiger partial charge is 0.462 e. The number of ether oxygens (including phenoxy) is 2.